The second kappa shape index (κ2) is 7.99. The lowest BCUT2D eigenvalue weighted by atomic mass is 10.0. The molecule has 0 amide bonds. The van der Waals surface area contributed by atoms with Gasteiger partial charge < -0.3 is 9.84 Å². The van der Waals surface area contributed by atoms with Crippen molar-refractivity contribution in [3.05, 3.63) is 47.5 Å². The maximum absolute atomic E-state index is 14.2. The Morgan fingerprint density at radius 1 is 1.29 bits per heavy atom. The number of benzene rings is 1. The summed E-state index contributed by atoms with van der Waals surface area (Å²) in [6.45, 7) is 4.72. The molecule has 0 aromatic heterocycles. The molecule has 0 aliphatic rings. The van der Waals surface area contributed by atoms with Gasteiger partial charge in [0.15, 0.2) is 0 Å². The minimum atomic E-state index is -3.93. The van der Waals surface area contributed by atoms with Crippen LogP contribution in [0.4, 0.5) is 8.78 Å². The molecular weight excluding hydrogens is 318 g/mol. The molecule has 0 saturated heterocycles. The first-order valence-electron chi connectivity index (χ1n) is 7.31. The maximum atomic E-state index is 14.2. The lowest BCUT2D eigenvalue weighted by Gasteiger charge is -2.23. The molecule has 1 rings (SSSR count). The fraction of sp³-hybridized carbons (Fsp3) is 0.389. The summed E-state index contributed by atoms with van der Waals surface area (Å²) in [6, 6.07) is 8.51. The van der Waals surface area contributed by atoms with E-state index in [1.54, 1.807) is 51.1 Å². The molecular formula is C18H20F2O4. The van der Waals surface area contributed by atoms with E-state index in [4.69, 9.17) is 4.74 Å². The van der Waals surface area contributed by atoms with E-state index >= 15 is 0 Å². The highest BCUT2D eigenvalue weighted by Crippen LogP contribution is 2.30. The average Bonchev–Trinajstić information content (AvgIpc) is 2.49. The average molecular weight is 338 g/mol. The van der Waals surface area contributed by atoms with Gasteiger partial charge in [-0.25, -0.2) is 4.79 Å². The Labute approximate surface area is 139 Å². The van der Waals surface area contributed by atoms with Crippen LogP contribution in [0.2, 0.25) is 0 Å². The summed E-state index contributed by atoms with van der Waals surface area (Å²) in [6.07, 6.45) is -1.04. The fourth-order valence-corrected chi connectivity index (χ4v) is 1.81. The van der Waals surface area contributed by atoms with E-state index < -0.39 is 35.6 Å². The van der Waals surface area contributed by atoms with Crippen LogP contribution >= 0.6 is 0 Å². The minimum Gasteiger partial charge on any atom is -0.460 e. The van der Waals surface area contributed by atoms with Gasteiger partial charge in [0.1, 0.15) is 17.6 Å². The first kappa shape index (κ1) is 19.7. The van der Waals surface area contributed by atoms with Gasteiger partial charge in [-0.1, -0.05) is 36.4 Å². The Bertz CT molecular complexity index is 639. The molecule has 0 aliphatic heterocycles. The number of aliphatic hydroxyl groups is 1. The molecule has 24 heavy (non-hydrogen) atoms. The van der Waals surface area contributed by atoms with E-state index in [2.05, 4.69) is 0 Å². The number of aliphatic hydroxyl groups excluding tert-OH is 1. The first-order chi connectivity index (χ1) is 11.1. The summed E-state index contributed by atoms with van der Waals surface area (Å²) in [5.74, 6) is -3.85. The van der Waals surface area contributed by atoms with Crippen molar-refractivity contribution in [3.63, 3.8) is 0 Å². The third kappa shape index (κ3) is 6.07. The van der Waals surface area contributed by atoms with Gasteiger partial charge in [-0.3, -0.25) is 4.79 Å². The van der Waals surface area contributed by atoms with Crippen LogP contribution in [0.25, 0.3) is 6.08 Å². The normalized spacial score (nSPS) is 13.4. The van der Waals surface area contributed by atoms with Crippen molar-refractivity contribution >= 4 is 18.0 Å². The molecule has 6 heteroatoms. The molecule has 0 spiro atoms. The highest BCUT2D eigenvalue weighted by atomic mass is 19.3. The maximum Gasteiger partial charge on any atom is 0.311 e. The monoisotopic (exact) mass is 338 g/mol. The van der Waals surface area contributed by atoms with Gasteiger partial charge in [0.05, 0.1) is 12.0 Å². The lowest BCUT2D eigenvalue weighted by Crippen LogP contribution is -2.36. The highest BCUT2D eigenvalue weighted by Gasteiger charge is 2.43. The van der Waals surface area contributed by atoms with Gasteiger partial charge in [0.25, 0.3) is 0 Å². The molecule has 0 aliphatic carbocycles. The van der Waals surface area contributed by atoms with Gasteiger partial charge >= 0.3 is 11.9 Å². The van der Waals surface area contributed by atoms with Crippen LogP contribution in [0.3, 0.4) is 0 Å². The standard InChI is InChI=1S/C18H20F2O4/c1-17(2,3)24-16(23)11-14(12-21)18(19,20)15(22)10-9-13-7-5-4-6-8-13/h4-10,15,22H,11H2,1-3H3/b10-9+. The zero-order valence-corrected chi connectivity index (χ0v) is 13.8. The van der Waals surface area contributed by atoms with E-state index in [1.165, 1.54) is 6.08 Å². The van der Waals surface area contributed by atoms with E-state index in [-0.39, 0.29) is 0 Å². The number of halogens is 2. The summed E-state index contributed by atoms with van der Waals surface area (Å²) in [4.78, 5) is 22.5. The van der Waals surface area contributed by atoms with Crippen LogP contribution in [0.1, 0.15) is 32.8 Å². The van der Waals surface area contributed by atoms with Gasteiger partial charge in [0.2, 0.25) is 0 Å². The molecule has 0 fully saturated rings. The van der Waals surface area contributed by atoms with E-state index in [9.17, 15) is 23.5 Å². The number of ether oxygens (including phenoxy) is 1. The molecule has 0 radical (unpaired) electrons. The molecule has 1 N–H and O–H groups in total. The fourth-order valence-electron chi connectivity index (χ4n) is 1.81. The van der Waals surface area contributed by atoms with Crippen LogP contribution in [0.15, 0.2) is 42.0 Å². The van der Waals surface area contributed by atoms with Crippen molar-refractivity contribution in [2.75, 3.05) is 0 Å². The molecule has 0 heterocycles. The molecule has 1 atom stereocenters. The highest BCUT2D eigenvalue weighted by molar-refractivity contribution is 5.77. The van der Waals surface area contributed by atoms with Crippen molar-refractivity contribution in [1.29, 1.82) is 0 Å². The summed E-state index contributed by atoms with van der Waals surface area (Å²) < 4.78 is 33.2. The number of hydrogen-bond donors (Lipinski definition) is 1. The van der Waals surface area contributed by atoms with Gasteiger partial charge in [-0.15, -0.1) is 0 Å². The van der Waals surface area contributed by atoms with Crippen molar-refractivity contribution in [3.8, 4) is 0 Å². The lowest BCUT2D eigenvalue weighted by molar-refractivity contribution is -0.155. The van der Waals surface area contributed by atoms with Crippen molar-refractivity contribution in [2.45, 2.75) is 44.8 Å². The second-order valence-corrected chi connectivity index (χ2v) is 6.18. The number of carbonyl (C=O) groups excluding carboxylic acids is 2. The van der Waals surface area contributed by atoms with Crippen LogP contribution in [0.5, 0.6) is 0 Å². The third-order valence-corrected chi connectivity index (χ3v) is 2.91. The molecule has 1 aromatic carbocycles. The summed E-state index contributed by atoms with van der Waals surface area (Å²) in [5.41, 5.74) is -1.41. The molecule has 1 unspecified atom stereocenters. The van der Waals surface area contributed by atoms with Gasteiger partial charge in [-0.2, -0.15) is 8.78 Å². The van der Waals surface area contributed by atoms with Gasteiger partial charge in [-0.05, 0) is 32.4 Å². The van der Waals surface area contributed by atoms with Crippen molar-refractivity contribution < 1.29 is 28.2 Å². The topological polar surface area (TPSA) is 63.6 Å². The Morgan fingerprint density at radius 2 is 1.88 bits per heavy atom. The quantitative estimate of drug-likeness (QED) is 0.639. The third-order valence-electron chi connectivity index (χ3n) is 2.91. The van der Waals surface area contributed by atoms with Crippen molar-refractivity contribution in [2.24, 2.45) is 0 Å². The number of alkyl halides is 2. The summed E-state index contributed by atoms with van der Waals surface area (Å²) in [5, 5.41) is 9.70. The number of esters is 1. The van der Waals surface area contributed by atoms with Crippen LogP contribution in [0, 0.1) is 0 Å². The van der Waals surface area contributed by atoms with Crippen molar-refractivity contribution in [1.82, 2.24) is 0 Å². The Morgan fingerprint density at radius 3 is 2.38 bits per heavy atom. The number of carbonyl (C=O) groups is 1. The zero-order valence-electron chi connectivity index (χ0n) is 13.8. The second-order valence-electron chi connectivity index (χ2n) is 6.18. The van der Waals surface area contributed by atoms with E-state index in [0.29, 0.717) is 5.56 Å². The van der Waals surface area contributed by atoms with Crippen LogP contribution in [-0.4, -0.2) is 34.6 Å². The Balaban J connectivity index is 2.85. The first-order valence-corrected chi connectivity index (χ1v) is 7.31. The van der Waals surface area contributed by atoms with E-state index in [0.717, 1.165) is 12.0 Å². The molecule has 0 saturated carbocycles. The smallest absolute Gasteiger partial charge is 0.311 e. The largest absolute Gasteiger partial charge is 0.460 e. The number of rotatable bonds is 6. The zero-order chi connectivity index (χ0) is 18.4. The Kier molecular flexibility index (Phi) is 6.58. The van der Waals surface area contributed by atoms with E-state index in [1.807, 2.05) is 0 Å². The molecule has 0 bridgehead atoms. The van der Waals surface area contributed by atoms with Crippen LogP contribution < -0.4 is 0 Å². The molecule has 4 nitrogen and oxygen atoms in total. The molecule has 1 aromatic rings. The summed E-state index contributed by atoms with van der Waals surface area (Å²) in [7, 11) is 0. The minimum absolute atomic E-state index is 0.608. The van der Waals surface area contributed by atoms with Crippen LogP contribution in [-0.2, 0) is 14.3 Å². The SMILES string of the molecule is CC(C)(C)OC(=O)CC(=C=O)C(F)(F)C(O)/C=C/c1ccccc1. The predicted octanol–water partition coefficient (Wildman–Crippen LogP) is 3.19. The Hall–Kier alpha value is -2.30. The summed E-state index contributed by atoms with van der Waals surface area (Å²) >= 11 is 0. The predicted molar refractivity (Wildman–Crippen MR) is 86.1 cm³/mol. The van der Waals surface area contributed by atoms with Gasteiger partial charge in [0, 0.05) is 0 Å². The number of hydrogen-bond acceptors (Lipinski definition) is 4. The molecule has 130 valence electrons.